The first-order valence-corrected chi connectivity index (χ1v) is 7.43. The van der Waals surface area contributed by atoms with Gasteiger partial charge in [-0.15, -0.1) is 0 Å². The van der Waals surface area contributed by atoms with E-state index in [0.29, 0.717) is 0 Å². The predicted molar refractivity (Wildman–Crippen MR) is 90.5 cm³/mol. The summed E-state index contributed by atoms with van der Waals surface area (Å²) in [5.74, 6) is 2.55. The molecule has 3 heterocycles. The summed E-state index contributed by atoms with van der Waals surface area (Å²) in [7, 11) is 1.68. The monoisotopic (exact) mass is 304 g/mol. The second-order valence-corrected chi connectivity index (χ2v) is 5.43. The van der Waals surface area contributed by atoms with Crippen LogP contribution in [0.25, 0.3) is 33.5 Å². The van der Waals surface area contributed by atoms with Crippen LogP contribution >= 0.6 is 0 Å². The normalized spacial score (nSPS) is 11.0. The molecule has 0 saturated heterocycles. The summed E-state index contributed by atoms with van der Waals surface area (Å²) in [6, 6.07) is 14.0. The van der Waals surface area contributed by atoms with E-state index < -0.39 is 0 Å². The predicted octanol–water partition coefficient (Wildman–Crippen LogP) is 4.81. The topological polar surface area (TPSA) is 51.0 Å². The highest BCUT2D eigenvalue weighted by Gasteiger charge is 2.13. The number of aromatic nitrogens is 2. The number of rotatable bonds is 3. The lowest BCUT2D eigenvalue weighted by atomic mass is 10.0. The van der Waals surface area contributed by atoms with E-state index in [9.17, 15) is 0 Å². The van der Waals surface area contributed by atoms with E-state index in [1.54, 1.807) is 7.11 Å². The van der Waals surface area contributed by atoms with Crippen LogP contribution in [-0.2, 0) is 0 Å². The quantitative estimate of drug-likeness (QED) is 0.591. The van der Waals surface area contributed by atoms with Crippen molar-refractivity contribution in [3.63, 3.8) is 0 Å². The molecule has 3 aromatic heterocycles. The molecule has 0 bridgehead atoms. The molecule has 0 saturated carbocycles. The summed E-state index contributed by atoms with van der Waals surface area (Å²) in [5, 5.41) is 1.04. The van der Waals surface area contributed by atoms with Crippen molar-refractivity contribution in [2.75, 3.05) is 7.11 Å². The smallest absolute Gasteiger partial charge is 0.137 e. The van der Waals surface area contributed by atoms with Crippen molar-refractivity contribution in [1.29, 1.82) is 0 Å². The number of H-pyrrole nitrogens is 1. The third kappa shape index (κ3) is 2.28. The number of nitrogens with zero attached hydrogens (tertiary/aromatic N) is 1. The van der Waals surface area contributed by atoms with Crippen LogP contribution < -0.4 is 4.74 Å². The van der Waals surface area contributed by atoms with Crippen molar-refractivity contribution >= 4 is 11.0 Å². The minimum atomic E-state index is 0.823. The summed E-state index contributed by atoms with van der Waals surface area (Å²) >= 11 is 0. The molecule has 114 valence electrons. The summed E-state index contributed by atoms with van der Waals surface area (Å²) in [5.41, 5.74) is 3.91. The Kier molecular flexibility index (Phi) is 3.15. The first-order valence-electron chi connectivity index (χ1n) is 7.43. The number of aryl methyl sites for hydroxylation is 1. The maximum absolute atomic E-state index is 5.71. The van der Waals surface area contributed by atoms with Crippen LogP contribution in [0, 0.1) is 6.92 Å². The Labute approximate surface area is 133 Å². The highest BCUT2D eigenvalue weighted by Crippen LogP contribution is 2.36. The van der Waals surface area contributed by atoms with Crippen molar-refractivity contribution in [2.24, 2.45) is 0 Å². The van der Waals surface area contributed by atoms with Gasteiger partial charge in [-0.25, -0.2) is 4.98 Å². The molecule has 0 amide bonds. The molecule has 0 fully saturated rings. The number of aromatic amines is 1. The van der Waals surface area contributed by atoms with E-state index in [4.69, 9.17) is 9.15 Å². The number of furan rings is 1. The van der Waals surface area contributed by atoms with Gasteiger partial charge >= 0.3 is 0 Å². The van der Waals surface area contributed by atoms with Crippen LogP contribution in [0.4, 0.5) is 0 Å². The maximum atomic E-state index is 5.71. The van der Waals surface area contributed by atoms with Crippen molar-refractivity contribution in [2.45, 2.75) is 6.92 Å². The minimum absolute atomic E-state index is 0.823. The molecule has 4 aromatic rings. The Morgan fingerprint density at radius 3 is 2.74 bits per heavy atom. The molecule has 0 unspecified atom stereocenters. The van der Waals surface area contributed by atoms with Gasteiger partial charge in [0.2, 0.25) is 0 Å². The third-order valence-corrected chi connectivity index (χ3v) is 3.95. The second-order valence-electron chi connectivity index (χ2n) is 5.43. The highest BCUT2D eigenvalue weighted by molar-refractivity contribution is 5.96. The molecule has 0 spiro atoms. The van der Waals surface area contributed by atoms with Gasteiger partial charge in [-0.2, -0.15) is 0 Å². The third-order valence-electron chi connectivity index (χ3n) is 3.95. The Bertz CT molecular complexity index is 982. The number of pyridine rings is 1. The maximum Gasteiger partial charge on any atom is 0.137 e. The molecule has 1 N–H and O–H groups in total. The zero-order chi connectivity index (χ0) is 15.8. The first-order chi connectivity index (χ1) is 11.3. The molecule has 0 radical (unpaired) electrons. The Hall–Kier alpha value is -3.01. The van der Waals surface area contributed by atoms with Gasteiger partial charge in [0.1, 0.15) is 22.9 Å². The van der Waals surface area contributed by atoms with Crippen LogP contribution in [0.3, 0.4) is 0 Å². The fourth-order valence-corrected chi connectivity index (χ4v) is 2.82. The summed E-state index contributed by atoms with van der Waals surface area (Å²) in [6.45, 7) is 1.94. The molecule has 4 rings (SSSR count). The molecule has 1 aromatic carbocycles. The lowest BCUT2D eigenvalue weighted by Gasteiger charge is -2.07. The van der Waals surface area contributed by atoms with Gasteiger partial charge in [-0.3, -0.25) is 0 Å². The van der Waals surface area contributed by atoms with Crippen LogP contribution in [0.5, 0.6) is 5.75 Å². The van der Waals surface area contributed by atoms with Gasteiger partial charge in [-0.05, 0) is 31.2 Å². The molecule has 0 aliphatic carbocycles. The molecule has 4 heteroatoms. The summed E-state index contributed by atoms with van der Waals surface area (Å²) < 4.78 is 11.2. The van der Waals surface area contributed by atoms with E-state index in [1.165, 1.54) is 0 Å². The van der Waals surface area contributed by atoms with Crippen LogP contribution in [0.2, 0.25) is 0 Å². The molecule has 0 aliphatic rings. The van der Waals surface area contributed by atoms with Crippen molar-refractivity contribution in [3.8, 4) is 28.2 Å². The van der Waals surface area contributed by atoms with E-state index in [-0.39, 0.29) is 0 Å². The lowest BCUT2D eigenvalue weighted by molar-refractivity contribution is 0.416. The standard InChI is InChI=1S/C19H16N2O2/c1-12-7-8-17(23-12)13-9-15-16(11-21-19(15)20-10-13)14-5-3-4-6-18(14)22-2/h3-11H,1-2H3,(H,20,21). The van der Waals surface area contributed by atoms with Gasteiger partial charge < -0.3 is 14.1 Å². The van der Waals surface area contributed by atoms with Gasteiger partial charge in [-0.1, -0.05) is 18.2 Å². The SMILES string of the molecule is COc1ccccc1-c1c[nH]c2ncc(-c3ccc(C)o3)cc12. The van der Waals surface area contributed by atoms with E-state index >= 15 is 0 Å². The number of para-hydroxylation sites is 1. The van der Waals surface area contributed by atoms with E-state index in [2.05, 4.69) is 16.0 Å². The largest absolute Gasteiger partial charge is 0.496 e. The zero-order valence-electron chi connectivity index (χ0n) is 13.0. The molecular formula is C19H16N2O2. The van der Waals surface area contributed by atoms with E-state index in [1.807, 2.05) is 55.7 Å². The van der Waals surface area contributed by atoms with Gasteiger partial charge in [0.05, 0.1) is 7.11 Å². The summed E-state index contributed by atoms with van der Waals surface area (Å²) in [4.78, 5) is 7.74. The number of hydrogen-bond acceptors (Lipinski definition) is 3. The number of ether oxygens (including phenoxy) is 1. The highest BCUT2D eigenvalue weighted by atomic mass is 16.5. The van der Waals surface area contributed by atoms with Gasteiger partial charge in [0.25, 0.3) is 0 Å². The minimum Gasteiger partial charge on any atom is -0.496 e. The molecule has 0 aliphatic heterocycles. The lowest BCUT2D eigenvalue weighted by Crippen LogP contribution is -1.87. The molecule has 23 heavy (non-hydrogen) atoms. The molecule has 4 nitrogen and oxygen atoms in total. The van der Waals surface area contributed by atoms with Crippen molar-refractivity contribution in [3.05, 3.63) is 60.6 Å². The Balaban J connectivity index is 1.91. The van der Waals surface area contributed by atoms with Crippen LogP contribution in [-0.4, -0.2) is 17.1 Å². The molecular weight excluding hydrogens is 288 g/mol. The number of fused-ring (bicyclic) bond motifs is 1. The van der Waals surface area contributed by atoms with Crippen LogP contribution in [0.1, 0.15) is 5.76 Å². The van der Waals surface area contributed by atoms with Crippen molar-refractivity contribution < 1.29 is 9.15 Å². The average molecular weight is 304 g/mol. The Morgan fingerprint density at radius 1 is 1.09 bits per heavy atom. The van der Waals surface area contributed by atoms with Gasteiger partial charge in [0, 0.05) is 34.5 Å². The first kappa shape index (κ1) is 13.6. The fourth-order valence-electron chi connectivity index (χ4n) is 2.82. The second kappa shape index (κ2) is 5.32. The number of hydrogen-bond donors (Lipinski definition) is 1. The van der Waals surface area contributed by atoms with E-state index in [0.717, 1.165) is 45.0 Å². The number of methoxy groups -OCH3 is 1. The molecule has 0 atom stereocenters. The Morgan fingerprint density at radius 2 is 1.96 bits per heavy atom. The van der Waals surface area contributed by atoms with Gasteiger partial charge in [0.15, 0.2) is 0 Å². The number of benzene rings is 1. The van der Waals surface area contributed by atoms with Crippen molar-refractivity contribution in [1.82, 2.24) is 9.97 Å². The average Bonchev–Trinajstić information content (AvgIpc) is 3.20. The summed E-state index contributed by atoms with van der Waals surface area (Å²) in [6.07, 6.45) is 3.79. The fraction of sp³-hybridized carbons (Fsp3) is 0.105. The zero-order valence-corrected chi connectivity index (χ0v) is 13.0. The van der Waals surface area contributed by atoms with Crippen LogP contribution in [0.15, 0.2) is 59.3 Å². The number of nitrogens with one attached hydrogen (secondary N) is 1.